The van der Waals surface area contributed by atoms with E-state index in [1.165, 1.54) is 6.08 Å². The molecule has 0 bridgehead atoms. The van der Waals surface area contributed by atoms with Gasteiger partial charge >= 0.3 is 0 Å². The molecule has 0 saturated carbocycles. The molecule has 0 atom stereocenters. The number of nitrogens with zero attached hydrogens (tertiary/aromatic N) is 2. The number of hydrogen-bond donors (Lipinski definition) is 5. The standard InChI is InChI=1S/C21H28N6O4/c1-3-5-12-16(28)22-18-14(20(30)26-24-18)10-8-7-9-11-15-19(25-27-21(15)31)23-17(29)13-6-4-2/h7-11H,3-6,12-13H2,1-2H3,(H,26,30)(H,22,24,28)(H3,23,25,27,29,31). The van der Waals surface area contributed by atoms with Crippen LogP contribution in [0.1, 0.15) is 57.9 Å². The lowest BCUT2D eigenvalue weighted by molar-refractivity contribution is -0.120. The van der Waals surface area contributed by atoms with Gasteiger partial charge in [-0.25, -0.2) is 10.5 Å². The molecule has 1 aliphatic rings. The van der Waals surface area contributed by atoms with Crippen LogP contribution in [-0.4, -0.2) is 38.9 Å². The van der Waals surface area contributed by atoms with E-state index in [1.54, 1.807) is 24.3 Å². The molecule has 10 nitrogen and oxygen atoms in total. The Hall–Kier alpha value is -3.69. The number of rotatable bonds is 10. The van der Waals surface area contributed by atoms with E-state index < -0.39 is 5.91 Å². The van der Waals surface area contributed by atoms with Crippen molar-refractivity contribution < 1.29 is 19.5 Å². The van der Waals surface area contributed by atoms with Gasteiger partial charge in [0, 0.05) is 12.8 Å². The monoisotopic (exact) mass is 428 g/mol. The molecule has 0 unspecified atom stereocenters. The van der Waals surface area contributed by atoms with Gasteiger partial charge in [0.1, 0.15) is 0 Å². The van der Waals surface area contributed by atoms with Crippen LogP contribution in [0.5, 0.6) is 5.88 Å². The summed E-state index contributed by atoms with van der Waals surface area (Å²) in [6.07, 6.45) is 12.0. The van der Waals surface area contributed by atoms with Gasteiger partial charge in [-0.15, -0.1) is 0 Å². The van der Waals surface area contributed by atoms with E-state index in [9.17, 15) is 19.5 Å². The lowest BCUT2D eigenvalue weighted by Crippen LogP contribution is -2.31. The first-order chi connectivity index (χ1) is 15.0. The molecule has 0 saturated heterocycles. The van der Waals surface area contributed by atoms with E-state index in [0.29, 0.717) is 18.4 Å². The van der Waals surface area contributed by atoms with Crippen LogP contribution in [-0.2, 0) is 14.4 Å². The summed E-state index contributed by atoms with van der Waals surface area (Å²) in [4.78, 5) is 35.7. The summed E-state index contributed by atoms with van der Waals surface area (Å²) in [5.41, 5.74) is 2.90. The highest BCUT2D eigenvalue weighted by molar-refractivity contribution is 6.26. The number of aromatic amines is 1. The van der Waals surface area contributed by atoms with Gasteiger partial charge in [-0.05, 0) is 25.0 Å². The Balaban J connectivity index is 2.00. The van der Waals surface area contributed by atoms with Crippen molar-refractivity contribution in [2.45, 2.75) is 52.4 Å². The number of amidine groups is 1. The molecular formula is C21H28N6O4. The molecule has 1 aromatic rings. The number of aromatic hydroxyl groups is 1. The molecule has 0 radical (unpaired) electrons. The first-order valence-corrected chi connectivity index (χ1v) is 10.3. The second-order valence-corrected chi connectivity index (χ2v) is 6.86. The number of nitrogens with one attached hydrogen (secondary N) is 4. The Labute approximate surface area is 180 Å². The molecule has 2 rings (SSSR count). The molecule has 0 fully saturated rings. The second-order valence-electron chi connectivity index (χ2n) is 6.86. The number of hydrogen-bond acceptors (Lipinski definition) is 6. The van der Waals surface area contributed by atoms with Crippen LogP contribution >= 0.6 is 0 Å². The van der Waals surface area contributed by atoms with Crippen molar-refractivity contribution in [2.75, 3.05) is 5.32 Å². The van der Waals surface area contributed by atoms with Gasteiger partial charge < -0.3 is 15.7 Å². The van der Waals surface area contributed by atoms with Crippen LogP contribution in [0.4, 0.5) is 5.82 Å². The van der Waals surface area contributed by atoms with Gasteiger partial charge in [0.05, 0.1) is 11.1 Å². The number of unbranched alkanes of at least 4 members (excludes halogenated alkanes) is 2. The maximum Gasteiger partial charge on any atom is 0.275 e. The van der Waals surface area contributed by atoms with Gasteiger partial charge in [-0.3, -0.25) is 14.4 Å². The van der Waals surface area contributed by atoms with Gasteiger partial charge in [0.25, 0.3) is 5.91 Å². The fourth-order valence-electron chi connectivity index (χ4n) is 2.61. The molecule has 0 spiro atoms. The molecule has 166 valence electrons. The quantitative estimate of drug-likeness (QED) is 0.287. The number of allylic oxidation sites excluding steroid dienone is 4. The van der Waals surface area contributed by atoms with Crippen molar-refractivity contribution in [1.82, 2.24) is 20.9 Å². The highest BCUT2D eigenvalue weighted by atomic mass is 16.3. The van der Waals surface area contributed by atoms with Crippen molar-refractivity contribution in [2.24, 2.45) is 5.10 Å². The van der Waals surface area contributed by atoms with Gasteiger partial charge in [-0.2, -0.15) is 10.2 Å². The predicted octanol–water partition coefficient (Wildman–Crippen LogP) is 2.49. The van der Waals surface area contributed by atoms with E-state index in [2.05, 4.69) is 31.4 Å². The number of carbonyl (C=O) groups is 3. The third-order valence-corrected chi connectivity index (χ3v) is 4.33. The fourth-order valence-corrected chi connectivity index (χ4v) is 2.61. The zero-order valence-corrected chi connectivity index (χ0v) is 17.7. The van der Waals surface area contributed by atoms with Crippen LogP contribution in [0, 0.1) is 0 Å². The minimum Gasteiger partial charge on any atom is -0.493 e. The lowest BCUT2D eigenvalue weighted by atomic mass is 10.2. The lowest BCUT2D eigenvalue weighted by Gasteiger charge is -2.03. The summed E-state index contributed by atoms with van der Waals surface area (Å²) in [5.74, 6) is -0.540. The smallest absolute Gasteiger partial charge is 0.275 e. The van der Waals surface area contributed by atoms with Crippen LogP contribution in [0.3, 0.4) is 0 Å². The zero-order chi connectivity index (χ0) is 22.6. The molecule has 31 heavy (non-hydrogen) atoms. The number of amides is 3. The molecule has 0 aliphatic carbocycles. The van der Waals surface area contributed by atoms with Crippen molar-refractivity contribution in [3.63, 3.8) is 0 Å². The number of aromatic nitrogens is 2. The first-order valence-electron chi connectivity index (χ1n) is 10.3. The van der Waals surface area contributed by atoms with E-state index in [-0.39, 0.29) is 34.9 Å². The first kappa shape index (κ1) is 23.6. The maximum atomic E-state index is 11.9. The predicted molar refractivity (Wildman–Crippen MR) is 118 cm³/mol. The highest BCUT2D eigenvalue weighted by Gasteiger charge is 2.23. The number of anilines is 1. The van der Waals surface area contributed by atoms with Crippen molar-refractivity contribution >= 4 is 35.5 Å². The molecule has 1 aromatic heterocycles. The van der Waals surface area contributed by atoms with Gasteiger partial charge in [0.2, 0.25) is 17.7 Å². The average molecular weight is 428 g/mol. The number of hydrazone groups is 1. The summed E-state index contributed by atoms with van der Waals surface area (Å²) in [5, 5.41) is 25.3. The topological polar surface area (TPSA) is 149 Å². The van der Waals surface area contributed by atoms with Crippen LogP contribution in [0.2, 0.25) is 0 Å². The highest BCUT2D eigenvalue weighted by Crippen LogP contribution is 2.24. The van der Waals surface area contributed by atoms with E-state index in [4.69, 9.17) is 0 Å². The van der Waals surface area contributed by atoms with Crippen LogP contribution in [0.25, 0.3) is 6.08 Å². The number of carbonyl (C=O) groups excluding carboxylic acids is 3. The Morgan fingerprint density at radius 2 is 1.71 bits per heavy atom. The van der Waals surface area contributed by atoms with Gasteiger partial charge in [0.15, 0.2) is 11.7 Å². The molecular weight excluding hydrogens is 400 g/mol. The number of H-pyrrole nitrogens is 1. The van der Waals surface area contributed by atoms with E-state index >= 15 is 0 Å². The summed E-state index contributed by atoms with van der Waals surface area (Å²) in [6.45, 7) is 3.98. The molecule has 10 heteroatoms. The molecule has 0 aromatic carbocycles. The minimum absolute atomic E-state index is 0.173. The Morgan fingerprint density at radius 1 is 1.03 bits per heavy atom. The normalized spacial score (nSPS) is 15.0. The fraction of sp³-hybridized carbons (Fsp3) is 0.381. The summed E-state index contributed by atoms with van der Waals surface area (Å²) >= 11 is 0. The van der Waals surface area contributed by atoms with Crippen molar-refractivity contribution in [1.29, 1.82) is 0 Å². The maximum absolute atomic E-state index is 11.9. The Kier molecular flexibility index (Phi) is 9.21. The Morgan fingerprint density at radius 3 is 2.39 bits per heavy atom. The summed E-state index contributed by atoms with van der Waals surface area (Å²) in [6, 6.07) is 0. The van der Waals surface area contributed by atoms with Crippen molar-refractivity contribution in [3.05, 3.63) is 35.4 Å². The third-order valence-electron chi connectivity index (χ3n) is 4.33. The van der Waals surface area contributed by atoms with Crippen molar-refractivity contribution in [3.8, 4) is 5.88 Å². The van der Waals surface area contributed by atoms with Crippen LogP contribution in [0.15, 0.2) is 35.0 Å². The Bertz CT molecular complexity index is 926. The SMILES string of the molecule is CCCCC(=O)NC1=NNC(=O)C1=CC=CC=Cc1c(NC(=O)CCCC)n[nH]c1O. The van der Waals surface area contributed by atoms with E-state index in [0.717, 1.165) is 25.7 Å². The molecule has 5 N–H and O–H groups in total. The average Bonchev–Trinajstić information content (AvgIpc) is 3.27. The largest absolute Gasteiger partial charge is 0.493 e. The van der Waals surface area contributed by atoms with Crippen LogP contribution < -0.4 is 16.1 Å². The molecule has 1 aliphatic heterocycles. The second kappa shape index (κ2) is 12.1. The molecule has 3 amide bonds. The third kappa shape index (κ3) is 7.25. The zero-order valence-electron chi connectivity index (χ0n) is 17.7. The minimum atomic E-state index is -0.413. The van der Waals surface area contributed by atoms with Gasteiger partial charge in [-0.1, -0.05) is 44.9 Å². The summed E-state index contributed by atoms with van der Waals surface area (Å²) < 4.78 is 0. The molecule has 2 heterocycles. The summed E-state index contributed by atoms with van der Waals surface area (Å²) in [7, 11) is 0. The van der Waals surface area contributed by atoms with E-state index in [1.807, 2.05) is 13.8 Å².